The van der Waals surface area contributed by atoms with Crippen molar-refractivity contribution in [2.75, 3.05) is 6.54 Å². The Morgan fingerprint density at radius 3 is 1.71 bits per heavy atom. The van der Waals surface area contributed by atoms with Crippen LogP contribution in [-0.2, 0) is 9.59 Å². The zero-order valence-corrected chi connectivity index (χ0v) is 8.30. The number of aliphatic hydroxyl groups excluding tert-OH is 1. The van der Waals surface area contributed by atoms with Gasteiger partial charge < -0.3 is 21.1 Å². The Hall–Kier alpha value is -1.14. The minimum absolute atomic E-state index is 0.0694. The van der Waals surface area contributed by atoms with Crippen LogP contribution in [0.4, 0.5) is 0 Å². The first-order valence-electron chi connectivity index (χ1n) is 4.15. The molecular formula is C8H17NO5. The van der Waals surface area contributed by atoms with Gasteiger partial charge in [-0.25, -0.2) is 4.79 Å². The van der Waals surface area contributed by atoms with Crippen LogP contribution in [0.2, 0.25) is 0 Å². The number of aliphatic hydroxyl groups is 1. The summed E-state index contributed by atoms with van der Waals surface area (Å²) in [5, 5.41) is 24.5. The summed E-state index contributed by atoms with van der Waals surface area (Å²) < 4.78 is 0. The van der Waals surface area contributed by atoms with E-state index in [9.17, 15) is 9.59 Å². The van der Waals surface area contributed by atoms with E-state index in [1.54, 1.807) is 13.8 Å². The topological polar surface area (TPSA) is 121 Å². The third-order valence-electron chi connectivity index (χ3n) is 1.24. The van der Waals surface area contributed by atoms with Crippen LogP contribution >= 0.6 is 0 Å². The van der Waals surface area contributed by atoms with Gasteiger partial charge in [0.2, 0.25) is 0 Å². The lowest BCUT2D eigenvalue weighted by Gasteiger charge is -2.06. The third kappa shape index (κ3) is 10.9. The smallest absolute Gasteiger partial charge is 0.332 e. The molecule has 0 bridgehead atoms. The predicted octanol–water partition coefficient (Wildman–Crippen LogP) is -0.492. The molecule has 6 nitrogen and oxygen atoms in total. The van der Waals surface area contributed by atoms with Gasteiger partial charge in [-0.15, -0.1) is 0 Å². The molecule has 0 heterocycles. The van der Waals surface area contributed by atoms with E-state index >= 15 is 0 Å². The van der Waals surface area contributed by atoms with Crippen LogP contribution in [-0.4, -0.2) is 39.9 Å². The predicted molar refractivity (Wildman–Crippen MR) is 49.8 cm³/mol. The Morgan fingerprint density at radius 2 is 1.71 bits per heavy atom. The van der Waals surface area contributed by atoms with Crippen molar-refractivity contribution in [2.24, 2.45) is 11.7 Å². The van der Waals surface area contributed by atoms with Crippen molar-refractivity contribution in [3.63, 3.8) is 0 Å². The molecule has 0 aliphatic heterocycles. The third-order valence-corrected chi connectivity index (χ3v) is 1.24. The molecule has 0 saturated heterocycles. The van der Waals surface area contributed by atoms with Gasteiger partial charge in [0, 0.05) is 6.54 Å². The van der Waals surface area contributed by atoms with Crippen LogP contribution in [0.15, 0.2) is 0 Å². The van der Waals surface area contributed by atoms with E-state index < -0.39 is 18.0 Å². The monoisotopic (exact) mass is 207 g/mol. The molecule has 0 radical (unpaired) electrons. The van der Waals surface area contributed by atoms with Crippen molar-refractivity contribution in [2.45, 2.75) is 26.4 Å². The van der Waals surface area contributed by atoms with Gasteiger partial charge in [-0.3, -0.25) is 4.79 Å². The average molecular weight is 207 g/mol. The number of hydrogen-bond acceptors (Lipinski definition) is 4. The summed E-state index contributed by atoms with van der Waals surface area (Å²) in [6, 6.07) is 0. The van der Waals surface area contributed by atoms with Gasteiger partial charge in [-0.1, -0.05) is 13.8 Å². The highest BCUT2D eigenvalue weighted by Gasteiger charge is 2.16. The molecule has 0 aliphatic rings. The fourth-order valence-electron chi connectivity index (χ4n) is 0.409. The molecule has 0 fully saturated rings. The number of nitrogens with two attached hydrogens (primary N) is 1. The van der Waals surface area contributed by atoms with Crippen LogP contribution in [0.3, 0.4) is 0 Å². The molecule has 0 aromatic carbocycles. The highest BCUT2D eigenvalue weighted by molar-refractivity contribution is 5.72. The first-order chi connectivity index (χ1) is 6.32. The largest absolute Gasteiger partial charge is 0.481 e. The second kappa shape index (κ2) is 8.46. The number of carbonyl (C=O) groups is 2. The molecule has 84 valence electrons. The minimum atomic E-state index is -1.21. The molecule has 0 spiro atoms. The number of hydrogen-bond donors (Lipinski definition) is 4. The summed E-state index contributed by atoms with van der Waals surface area (Å²) >= 11 is 0. The van der Waals surface area contributed by atoms with Crippen molar-refractivity contribution in [3.05, 3.63) is 0 Å². The average Bonchev–Trinajstić information content (AvgIpc) is 2.03. The standard InChI is InChI=1S/C5H10O3.C3H7NO2/c1-3(2)4(6)5(7)8;4-2-1-3(5)6/h3-4,6H,1-2H3,(H,7,8);1-2,4H2,(H,5,6). The van der Waals surface area contributed by atoms with Gasteiger partial charge in [-0.05, 0) is 5.92 Å². The zero-order chi connectivity index (χ0) is 11.7. The maximum Gasteiger partial charge on any atom is 0.332 e. The first kappa shape index (κ1) is 15.3. The highest BCUT2D eigenvalue weighted by atomic mass is 16.4. The Labute approximate surface area is 82.3 Å². The molecule has 0 aromatic rings. The van der Waals surface area contributed by atoms with Crippen molar-refractivity contribution in [1.82, 2.24) is 0 Å². The van der Waals surface area contributed by atoms with Crippen LogP contribution in [0.25, 0.3) is 0 Å². The van der Waals surface area contributed by atoms with Gasteiger partial charge in [0.15, 0.2) is 6.10 Å². The molecule has 14 heavy (non-hydrogen) atoms. The lowest BCUT2D eigenvalue weighted by atomic mass is 10.1. The maximum atomic E-state index is 9.89. The molecule has 1 atom stereocenters. The SMILES string of the molecule is CC(C)C(O)C(=O)O.NCCC(=O)O. The fraction of sp³-hybridized carbons (Fsp3) is 0.750. The van der Waals surface area contributed by atoms with Crippen LogP contribution < -0.4 is 5.73 Å². The number of rotatable bonds is 4. The summed E-state index contributed by atoms with van der Waals surface area (Å²) in [6.07, 6.45) is -1.14. The molecular weight excluding hydrogens is 190 g/mol. The van der Waals surface area contributed by atoms with E-state index in [-0.39, 0.29) is 18.9 Å². The van der Waals surface area contributed by atoms with E-state index in [4.69, 9.17) is 21.1 Å². The quantitative estimate of drug-likeness (QED) is 0.493. The van der Waals surface area contributed by atoms with Gasteiger partial charge in [0.25, 0.3) is 0 Å². The van der Waals surface area contributed by atoms with Crippen molar-refractivity contribution in [1.29, 1.82) is 0 Å². The summed E-state index contributed by atoms with van der Waals surface area (Å²) in [5.41, 5.74) is 4.85. The van der Waals surface area contributed by atoms with Gasteiger partial charge >= 0.3 is 11.9 Å². The van der Waals surface area contributed by atoms with E-state index in [1.807, 2.05) is 0 Å². The first-order valence-corrected chi connectivity index (χ1v) is 4.15. The second-order valence-electron chi connectivity index (χ2n) is 2.96. The lowest BCUT2D eigenvalue weighted by Crippen LogP contribution is -2.25. The molecule has 0 amide bonds. The number of carboxylic acid groups (broad SMARTS) is 2. The van der Waals surface area contributed by atoms with Crippen LogP contribution in [0.1, 0.15) is 20.3 Å². The molecule has 6 heteroatoms. The van der Waals surface area contributed by atoms with Crippen molar-refractivity contribution < 1.29 is 24.9 Å². The fourth-order valence-corrected chi connectivity index (χ4v) is 0.409. The van der Waals surface area contributed by atoms with Crippen molar-refractivity contribution >= 4 is 11.9 Å². The zero-order valence-electron chi connectivity index (χ0n) is 8.30. The molecule has 5 N–H and O–H groups in total. The summed E-state index contributed by atoms with van der Waals surface area (Å²) in [4.78, 5) is 19.4. The molecule has 0 aliphatic carbocycles. The molecule has 0 aromatic heterocycles. The lowest BCUT2D eigenvalue weighted by molar-refractivity contribution is -0.148. The molecule has 0 rings (SSSR count). The Bertz CT molecular complexity index is 181. The van der Waals surface area contributed by atoms with E-state index in [2.05, 4.69) is 0 Å². The maximum absolute atomic E-state index is 9.89. The van der Waals surface area contributed by atoms with E-state index in [1.165, 1.54) is 0 Å². The normalized spacial score (nSPS) is 11.5. The van der Waals surface area contributed by atoms with E-state index in [0.29, 0.717) is 0 Å². The van der Waals surface area contributed by atoms with Gasteiger partial charge in [0.05, 0.1) is 6.42 Å². The molecule has 1 unspecified atom stereocenters. The number of aliphatic carboxylic acids is 2. The van der Waals surface area contributed by atoms with Crippen LogP contribution in [0.5, 0.6) is 0 Å². The Kier molecular flexibility index (Phi) is 9.27. The second-order valence-corrected chi connectivity index (χ2v) is 2.96. The highest BCUT2D eigenvalue weighted by Crippen LogP contribution is 1.99. The Balaban J connectivity index is 0. The van der Waals surface area contributed by atoms with Gasteiger partial charge in [0.1, 0.15) is 0 Å². The summed E-state index contributed by atoms with van der Waals surface area (Å²) in [6.45, 7) is 3.53. The summed E-state index contributed by atoms with van der Waals surface area (Å²) in [7, 11) is 0. The Morgan fingerprint density at radius 1 is 1.29 bits per heavy atom. The summed E-state index contributed by atoms with van der Waals surface area (Å²) in [5.74, 6) is -2.19. The van der Waals surface area contributed by atoms with E-state index in [0.717, 1.165) is 0 Å². The van der Waals surface area contributed by atoms with Crippen LogP contribution in [0, 0.1) is 5.92 Å². The van der Waals surface area contributed by atoms with Crippen molar-refractivity contribution in [3.8, 4) is 0 Å². The number of carboxylic acids is 2. The minimum Gasteiger partial charge on any atom is -0.481 e. The molecule has 0 saturated carbocycles. The van der Waals surface area contributed by atoms with Gasteiger partial charge in [-0.2, -0.15) is 0 Å².